The lowest BCUT2D eigenvalue weighted by atomic mass is 9.84. The summed E-state index contributed by atoms with van der Waals surface area (Å²) in [7, 11) is 1.68. The summed E-state index contributed by atoms with van der Waals surface area (Å²) in [6.07, 6.45) is 1.39. The van der Waals surface area contributed by atoms with E-state index in [1.165, 1.54) is 16.3 Å². The average molecular weight is 348 g/mol. The van der Waals surface area contributed by atoms with Crippen LogP contribution in [0, 0.1) is 6.92 Å². The standard InChI is InChI=1S/C22H24N2O2/c1-13-7-6-8-18-20(13)16-10-9-15(26-5)11-17(16)21-23-12-19(24(18)21)22(3,4)14(2)25/h6-12,14,25H,1-5H3. The summed E-state index contributed by atoms with van der Waals surface area (Å²) in [5.74, 6) is 0.812. The van der Waals surface area contributed by atoms with Gasteiger partial charge in [-0.2, -0.15) is 0 Å². The van der Waals surface area contributed by atoms with E-state index in [0.717, 1.165) is 28.0 Å². The van der Waals surface area contributed by atoms with Crippen molar-refractivity contribution < 1.29 is 9.84 Å². The zero-order valence-corrected chi connectivity index (χ0v) is 15.9. The molecule has 1 atom stereocenters. The molecule has 134 valence electrons. The quantitative estimate of drug-likeness (QED) is 0.550. The molecule has 0 radical (unpaired) electrons. The summed E-state index contributed by atoms with van der Waals surface area (Å²) in [6.45, 7) is 8.07. The maximum absolute atomic E-state index is 10.4. The Hall–Kier alpha value is -2.59. The lowest BCUT2D eigenvalue weighted by molar-refractivity contribution is 0.115. The van der Waals surface area contributed by atoms with Gasteiger partial charge in [-0.3, -0.25) is 4.40 Å². The van der Waals surface area contributed by atoms with Gasteiger partial charge in [-0.1, -0.05) is 26.0 Å². The van der Waals surface area contributed by atoms with Gasteiger partial charge in [0.15, 0.2) is 0 Å². The van der Waals surface area contributed by atoms with E-state index in [2.05, 4.69) is 49.4 Å². The largest absolute Gasteiger partial charge is 0.497 e. The molecular formula is C22H24N2O2. The predicted octanol–water partition coefficient (Wildman–Crippen LogP) is 4.62. The van der Waals surface area contributed by atoms with Crippen molar-refractivity contribution in [2.45, 2.75) is 39.2 Å². The monoisotopic (exact) mass is 348 g/mol. The van der Waals surface area contributed by atoms with Gasteiger partial charge in [-0.05, 0) is 49.1 Å². The van der Waals surface area contributed by atoms with Crippen molar-refractivity contribution in [2.24, 2.45) is 0 Å². The number of aryl methyl sites for hydroxylation is 1. The van der Waals surface area contributed by atoms with Gasteiger partial charge in [0.25, 0.3) is 0 Å². The third-order valence-electron chi connectivity index (χ3n) is 5.70. The Kier molecular flexibility index (Phi) is 3.70. The Morgan fingerprint density at radius 3 is 2.62 bits per heavy atom. The van der Waals surface area contributed by atoms with E-state index in [-0.39, 0.29) is 0 Å². The average Bonchev–Trinajstić information content (AvgIpc) is 3.07. The fourth-order valence-electron chi connectivity index (χ4n) is 3.70. The summed E-state index contributed by atoms with van der Waals surface area (Å²) < 4.78 is 7.64. The van der Waals surface area contributed by atoms with Gasteiger partial charge in [-0.15, -0.1) is 0 Å². The number of benzene rings is 2. The molecule has 0 amide bonds. The first-order valence-electron chi connectivity index (χ1n) is 8.91. The smallest absolute Gasteiger partial charge is 0.145 e. The van der Waals surface area contributed by atoms with Crippen molar-refractivity contribution in [2.75, 3.05) is 7.11 Å². The number of nitrogens with zero attached hydrogens (tertiary/aromatic N) is 2. The fraction of sp³-hybridized carbons (Fsp3) is 0.318. The second-order valence-electron chi connectivity index (χ2n) is 7.58. The number of fused-ring (bicyclic) bond motifs is 6. The van der Waals surface area contributed by atoms with E-state index in [1.54, 1.807) is 7.11 Å². The van der Waals surface area contributed by atoms with E-state index in [0.29, 0.717) is 0 Å². The third kappa shape index (κ3) is 2.22. The molecule has 0 fully saturated rings. The molecule has 4 nitrogen and oxygen atoms in total. The molecule has 0 saturated carbocycles. The second-order valence-corrected chi connectivity index (χ2v) is 7.58. The zero-order chi connectivity index (χ0) is 18.6. The lowest BCUT2D eigenvalue weighted by Crippen LogP contribution is -2.32. The van der Waals surface area contributed by atoms with Crippen molar-refractivity contribution in [3.05, 3.63) is 53.9 Å². The number of rotatable bonds is 3. The Labute approximate surface area is 153 Å². The van der Waals surface area contributed by atoms with Crippen LogP contribution in [0.5, 0.6) is 5.75 Å². The minimum absolute atomic E-state index is 0.428. The Balaban J connectivity index is 2.28. The molecule has 0 bridgehead atoms. The number of aliphatic hydroxyl groups excluding tert-OH is 1. The van der Waals surface area contributed by atoms with Crippen molar-refractivity contribution >= 4 is 27.3 Å². The van der Waals surface area contributed by atoms with Crippen molar-refractivity contribution in [1.82, 2.24) is 9.38 Å². The molecule has 26 heavy (non-hydrogen) atoms. The second kappa shape index (κ2) is 5.71. The molecule has 0 aliphatic rings. The minimum Gasteiger partial charge on any atom is -0.497 e. The number of imidazole rings is 1. The molecule has 0 saturated heterocycles. The topological polar surface area (TPSA) is 46.8 Å². The zero-order valence-electron chi connectivity index (χ0n) is 15.9. The first-order chi connectivity index (χ1) is 12.4. The number of pyridine rings is 1. The Bertz CT molecular complexity index is 1140. The minimum atomic E-state index is -0.497. The van der Waals surface area contributed by atoms with Crippen LogP contribution in [0.2, 0.25) is 0 Å². The van der Waals surface area contributed by atoms with Crippen molar-refractivity contribution in [1.29, 1.82) is 0 Å². The summed E-state index contributed by atoms with van der Waals surface area (Å²) >= 11 is 0. The molecule has 4 aromatic rings. The molecule has 4 heteroatoms. The maximum atomic E-state index is 10.4. The summed E-state index contributed by atoms with van der Waals surface area (Å²) in [4.78, 5) is 4.75. The first kappa shape index (κ1) is 16.9. The number of hydrogen-bond donors (Lipinski definition) is 1. The highest BCUT2D eigenvalue weighted by Gasteiger charge is 2.31. The number of hydrogen-bond acceptors (Lipinski definition) is 3. The fourth-order valence-corrected chi connectivity index (χ4v) is 3.70. The van der Waals surface area contributed by atoms with Gasteiger partial charge in [-0.25, -0.2) is 4.98 Å². The van der Waals surface area contributed by atoms with E-state index in [9.17, 15) is 5.11 Å². The summed E-state index contributed by atoms with van der Waals surface area (Å²) in [5, 5.41) is 13.8. The van der Waals surface area contributed by atoms with Gasteiger partial charge < -0.3 is 9.84 Å². The third-order valence-corrected chi connectivity index (χ3v) is 5.70. The van der Waals surface area contributed by atoms with Crippen LogP contribution >= 0.6 is 0 Å². The normalized spacial score (nSPS) is 13.6. The van der Waals surface area contributed by atoms with Gasteiger partial charge >= 0.3 is 0 Å². The van der Waals surface area contributed by atoms with E-state index >= 15 is 0 Å². The molecule has 2 aromatic carbocycles. The maximum Gasteiger partial charge on any atom is 0.145 e. The molecule has 0 aliphatic carbocycles. The van der Waals surface area contributed by atoms with Gasteiger partial charge in [0.1, 0.15) is 11.4 Å². The van der Waals surface area contributed by atoms with Gasteiger partial charge in [0.05, 0.1) is 24.4 Å². The highest BCUT2D eigenvalue weighted by Crippen LogP contribution is 2.37. The van der Waals surface area contributed by atoms with Crippen LogP contribution in [-0.2, 0) is 5.41 Å². The van der Waals surface area contributed by atoms with Crippen LogP contribution in [0.4, 0.5) is 0 Å². The SMILES string of the molecule is COc1ccc2c(c1)c1ncc(C(C)(C)C(C)O)n1c1cccc(C)c21. The molecule has 4 rings (SSSR count). The van der Waals surface area contributed by atoms with Crippen LogP contribution in [-0.4, -0.2) is 27.7 Å². The highest BCUT2D eigenvalue weighted by molar-refractivity contribution is 6.13. The number of aliphatic hydroxyl groups is 1. The first-order valence-corrected chi connectivity index (χ1v) is 8.91. The lowest BCUT2D eigenvalue weighted by Gasteiger charge is -2.28. The van der Waals surface area contributed by atoms with E-state index in [4.69, 9.17) is 9.72 Å². The Morgan fingerprint density at radius 1 is 1.15 bits per heavy atom. The predicted molar refractivity (Wildman–Crippen MR) is 106 cm³/mol. The summed E-state index contributed by atoms with van der Waals surface area (Å²) in [5.41, 5.74) is 3.79. The number of methoxy groups -OCH3 is 1. The summed E-state index contributed by atoms with van der Waals surface area (Å²) in [6, 6.07) is 12.5. The number of aromatic nitrogens is 2. The van der Waals surface area contributed by atoms with Crippen LogP contribution in [0.15, 0.2) is 42.6 Å². The molecule has 1 N–H and O–H groups in total. The molecule has 0 aliphatic heterocycles. The van der Waals surface area contributed by atoms with Gasteiger partial charge in [0, 0.05) is 22.4 Å². The van der Waals surface area contributed by atoms with Crippen LogP contribution in [0.3, 0.4) is 0 Å². The van der Waals surface area contributed by atoms with Crippen molar-refractivity contribution in [3.63, 3.8) is 0 Å². The molecule has 0 spiro atoms. The van der Waals surface area contributed by atoms with E-state index in [1.807, 2.05) is 25.3 Å². The van der Waals surface area contributed by atoms with Gasteiger partial charge in [0.2, 0.25) is 0 Å². The van der Waals surface area contributed by atoms with Crippen LogP contribution < -0.4 is 4.74 Å². The Morgan fingerprint density at radius 2 is 1.92 bits per heavy atom. The molecule has 2 aromatic heterocycles. The molecular weight excluding hydrogens is 324 g/mol. The van der Waals surface area contributed by atoms with Crippen molar-refractivity contribution in [3.8, 4) is 5.75 Å². The van der Waals surface area contributed by atoms with Crippen LogP contribution in [0.1, 0.15) is 32.0 Å². The number of ether oxygens (including phenoxy) is 1. The van der Waals surface area contributed by atoms with E-state index < -0.39 is 11.5 Å². The van der Waals surface area contributed by atoms with Crippen LogP contribution in [0.25, 0.3) is 27.3 Å². The molecule has 1 unspecified atom stereocenters. The molecule has 2 heterocycles. The highest BCUT2D eigenvalue weighted by atomic mass is 16.5.